The summed E-state index contributed by atoms with van der Waals surface area (Å²) in [6, 6.07) is 5.40. The van der Waals surface area contributed by atoms with E-state index in [1.807, 2.05) is 12.1 Å². The van der Waals surface area contributed by atoms with E-state index in [1.165, 1.54) is 62.5 Å². The molecule has 0 saturated carbocycles. The number of benzene rings is 2. The maximum Gasteiger partial charge on any atom is 0.134 e. The van der Waals surface area contributed by atoms with Gasteiger partial charge in [0.1, 0.15) is 22.8 Å². The van der Waals surface area contributed by atoms with Crippen molar-refractivity contribution in [3.8, 4) is 17.2 Å². The second kappa shape index (κ2) is 13.8. The van der Waals surface area contributed by atoms with Gasteiger partial charge in [-0.2, -0.15) is 0 Å². The summed E-state index contributed by atoms with van der Waals surface area (Å²) in [6.07, 6.45) is 13.9. The van der Waals surface area contributed by atoms with Gasteiger partial charge in [-0.15, -0.1) is 0 Å². The van der Waals surface area contributed by atoms with Crippen molar-refractivity contribution < 1.29 is 9.47 Å². The normalized spacial score (nSPS) is 18.5. The Bertz CT molecular complexity index is 1070. The topological polar surface area (TPSA) is 70.5 Å². The molecule has 4 N–H and O–H groups in total. The fourth-order valence-electron chi connectivity index (χ4n) is 6.24. The third-order valence-corrected chi connectivity index (χ3v) is 9.01. The molecule has 39 heavy (non-hydrogen) atoms. The van der Waals surface area contributed by atoms with Crippen LogP contribution < -0.4 is 20.9 Å². The average Bonchev–Trinajstić information content (AvgIpc) is 2.84. The van der Waals surface area contributed by atoms with E-state index in [4.69, 9.17) is 20.9 Å². The number of rotatable bonds is 14. The van der Waals surface area contributed by atoms with Gasteiger partial charge < -0.3 is 20.9 Å². The zero-order valence-electron chi connectivity index (χ0n) is 26.2. The molecule has 0 aliphatic carbocycles. The van der Waals surface area contributed by atoms with Gasteiger partial charge in [0, 0.05) is 29.1 Å². The Morgan fingerprint density at radius 1 is 0.795 bits per heavy atom. The van der Waals surface area contributed by atoms with Gasteiger partial charge in [-0.3, -0.25) is 0 Å². The Morgan fingerprint density at radius 2 is 1.36 bits per heavy atom. The largest absolute Gasteiger partial charge is 0.487 e. The highest BCUT2D eigenvalue weighted by Gasteiger charge is 2.34. The molecule has 0 saturated heterocycles. The summed E-state index contributed by atoms with van der Waals surface area (Å²) in [6.45, 7) is 18.3. The van der Waals surface area contributed by atoms with Crippen molar-refractivity contribution in [2.24, 2.45) is 17.8 Å². The van der Waals surface area contributed by atoms with Crippen LogP contribution in [0.3, 0.4) is 0 Å². The van der Waals surface area contributed by atoms with Crippen molar-refractivity contribution in [1.29, 1.82) is 0 Å². The Kier molecular flexibility index (Phi) is 11.0. The average molecular weight is 537 g/mol. The van der Waals surface area contributed by atoms with Crippen molar-refractivity contribution in [2.75, 3.05) is 11.5 Å². The van der Waals surface area contributed by atoms with Gasteiger partial charge in [-0.05, 0) is 93.9 Å². The van der Waals surface area contributed by atoms with Crippen LogP contribution in [-0.2, 0) is 6.42 Å². The van der Waals surface area contributed by atoms with Gasteiger partial charge in [-0.1, -0.05) is 72.6 Å². The summed E-state index contributed by atoms with van der Waals surface area (Å²) in [5.74, 6) is 5.14. The molecule has 2 aromatic carbocycles. The van der Waals surface area contributed by atoms with Crippen molar-refractivity contribution in [3.05, 3.63) is 40.5 Å². The van der Waals surface area contributed by atoms with E-state index in [0.717, 1.165) is 59.6 Å². The van der Waals surface area contributed by atoms with Crippen LogP contribution in [0.5, 0.6) is 17.2 Å². The molecule has 0 radical (unpaired) electrons. The molecule has 0 bridgehead atoms. The third-order valence-electron chi connectivity index (χ3n) is 9.01. The number of nitrogen functional groups attached to an aromatic ring is 2. The first-order valence-corrected chi connectivity index (χ1v) is 15.5. The lowest BCUT2D eigenvalue weighted by Gasteiger charge is -2.38. The lowest BCUT2D eigenvalue weighted by atomic mass is 9.83. The van der Waals surface area contributed by atoms with E-state index in [9.17, 15) is 0 Å². The second-order valence-electron chi connectivity index (χ2n) is 13.4. The molecule has 1 heterocycles. The van der Waals surface area contributed by atoms with Crippen molar-refractivity contribution >= 4 is 11.4 Å². The first-order chi connectivity index (χ1) is 18.4. The molecule has 0 amide bonds. The summed E-state index contributed by atoms with van der Waals surface area (Å²) in [4.78, 5) is 0. The molecule has 4 nitrogen and oxygen atoms in total. The maximum atomic E-state index is 6.81. The zero-order valence-corrected chi connectivity index (χ0v) is 26.2. The smallest absolute Gasteiger partial charge is 0.134 e. The molecule has 0 spiro atoms. The summed E-state index contributed by atoms with van der Waals surface area (Å²) >= 11 is 0. The van der Waals surface area contributed by atoms with Crippen molar-refractivity contribution in [2.45, 2.75) is 132 Å². The summed E-state index contributed by atoms with van der Waals surface area (Å²) in [5, 5.41) is 0. The number of fused-ring (bicyclic) bond motifs is 1. The van der Waals surface area contributed by atoms with Crippen LogP contribution in [0.25, 0.3) is 0 Å². The summed E-state index contributed by atoms with van der Waals surface area (Å²) in [5.41, 5.74) is 17.8. The van der Waals surface area contributed by atoms with Crippen LogP contribution in [0.15, 0.2) is 18.2 Å². The molecule has 1 aliphatic rings. The van der Waals surface area contributed by atoms with Crippen LogP contribution in [0.2, 0.25) is 0 Å². The first kappa shape index (κ1) is 31.2. The lowest BCUT2D eigenvalue weighted by molar-refractivity contribution is 0.0512. The van der Waals surface area contributed by atoms with E-state index in [2.05, 4.69) is 55.4 Å². The molecule has 1 aliphatic heterocycles. The van der Waals surface area contributed by atoms with Gasteiger partial charge in [0.15, 0.2) is 0 Å². The SMILES string of the molecule is Cc1c(C)c2c(c(C)c1Oc1cc(N)cc(N)c1)CCC(C)(CCCC(C)CCCC(C)CCCC(C)C)O2. The molecule has 3 atom stereocenters. The molecule has 4 heteroatoms. The Hall–Kier alpha value is -2.36. The van der Waals surface area contributed by atoms with Crippen LogP contribution in [0.1, 0.15) is 121 Å². The molecular weight excluding hydrogens is 480 g/mol. The monoisotopic (exact) mass is 536 g/mol. The predicted octanol–water partition coefficient (Wildman–Crippen LogP) is 10.1. The molecule has 3 unspecified atom stereocenters. The highest BCUT2D eigenvalue weighted by molar-refractivity contribution is 5.62. The Morgan fingerprint density at radius 3 is 1.95 bits per heavy atom. The molecule has 2 aromatic rings. The molecule has 0 aromatic heterocycles. The standard InChI is InChI=1S/C35H56N2O2/c1-23(2)12-9-13-24(3)14-10-15-25(4)16-11-18-35(8)19-17-32-28(7)33(26(5)27(6)34(32)39-35)38-31-21-29(36)20-30(37)22-31/h20-25H,9-19,36-37H2,1-8H3. The van der Waals surface area contributed by atoms with Gasteiger partial charge in [0.05, 0.1) is 0 Å². The van der Waals surface area contributed by atoms with Crippen LogP contribution in [-0.4, -0.2) is 5.60 Å². The fourth-order valence-corrected chi connectivity index (χ4v) is 6.24. The van der Waals surface area contributed by atoms with Crippen LogP contribution in [0.4, 0.5) is 11.4 Å². The highest BCUT2D eigenvalue weighted by Crippen LogP contribution is 2.46. The molecule has 0 fully saturated rings. The zero-order chi connectivity index (χ0) is 28.7. The van der Waals surface area contributed by atoms with Gasteiger partial charge >= 0.3 is 0 Å². The molecule has 218 valence electrons. The minimum atomic E-state index is -0.105. The number of nitrogens with two attached hydrogens (primary N) is 2. The minimum absolute atomic E-state index is 0.105. The van der Waals surface area contributed by atoms with E-state index in [-0.39, 0.29) is 5.60 Å². The van der Waals surface area contributed by atoms with Gasteiger partial charge in [0.2, 0.25) is 0 Å². The minimum Gasteiger partial charge on any atom is -0.487 e. The number of hydrogen-bond donors (Lipinski definition) is 2. The van der Waals surface area contributed by atoms with Gasteiger partial charge in [0.25, 0.3) is 0 Å². The van der Waals surface area contributed by atoms with E-state index in [0.29, 0.717) is 17.1 Å². The van der Waals surface area contributed by atoms with E-state index < -0.39 is 0 Å². The fraction of sp³-hybridized carbons (Fsp3) is 0.657. The third kappa shape index (κ3) is 8.82. The van der Waals surface area contributed by atoms with E-state index in [1.54, 1.807) is 6.07 Å². The van der Waals surface area contributed by atoms with Gasteiger partial charge in [-0.25, -0.2) is 0 Å². The number of ether oxygens (including phenoxy) is 2. The summed E-state index contributed by atoms with van der Waals surface area (Å²) < 4.78 is 13.2. The molecule has 3 rings (SSSR count). The Labute approximate surface area is 239 Å². The summed E-state index contributed by atoms with van der Waals surface area (Å²) in [7, 11) is 0. The number of anilines is 2. The van der Waals surface area contributed by atoms with E-state index >= 15 is 0 Å². The molecular formula is C35H56N2O2. The lowest BCUT2D eigenvalue weighted by Crippen LogP contribution is -2.37. The second-order valence-corrected chi connectivity index (χ2v) is 13.4. The first-order valence-electron chi connectivity index (χ1n) is 15.5. The number of hydrogen-bond acceptors (Lipinski definition) is 4. The quantitative estimate of drug-likeness (QED) is 0.236. The maximum absolute atomic E-state index is 6.81. The van der Waals surface area contributed by atoms with Crippen LogP contribution >= 0.6 is 0 Å². The van der Waals surface area contributed by atoms with Crippen LogP contribution in [0, 0.1) is 38.5 Å². The predicted molar refractivity (Wildman–Crippen MR) is 168 cm³/mol. The van der Waals surface area contributed by atoms with Crippen molar-refractivity contribution in [3.63, 3.8) is 0 Å². The Balaban J connectivity index is 1.53. The van der Waals surface area contributed by atoms with Crippen molar-refractivity contribution in [1.82, 2.24) is 0 Å². The highest BCUT2D eigenvalue weighted by atomic mass is 16.5.